The van der Waals surface area contributed by atoms with Gasteiger partial charge in [0.25, 0.3) is 0 Å². The van der Waals surface area contributed by atoms with Gasteiger partial charge in [0, 0.05) is 44.0 Å². The van der Waals surface area contributed by atoms with Crippen molar-refractivity contribution in [3.05, 3.63) is 35.4 Å². The molecule has 1 aromatic rings. The predicted octanol–water partition coefficient (Wildman–Crippen LogP) is 0.393. The summed E-state index contributed by atoms with van der Waals surface area (Å²) in [6.45, 7) is 2.05. The van der Waals surface area contributed by atoms with Crippen molar-refractivity contribution >= 4 is 59.8 Å². The Morgan fingerprint density at radius 2 is 1.92 bits per heavy atom. The second kappa shape index (κ2) is 16.9. The van der Waals surface area contributed by atoms with Crippen molar-refractivity contribution in [3.63, 3.8) is 0 Å². The van der Waals surface area contributed by atoms with E-state index in [1.165, 1.54) is 25.8 Å². The Hall–Kier alpha value is -1.93. The largest absolute Gasteiger partial charge is 0.467 e. The lowest BCUT2D eigenvalue weighted by Crippen LogP contribution is -2.60. The zero-order valence-corrected chi connectivity index (χ0v) is 24.6. The lowest BCUT2D eigenvalue weighted by molar-refractivity contribution is -0.147. The van der Waals surface area contributed by atoms with Crippen LogP contribution in [-0.2, 0) is 36.9 Å². The molecule has 0 spiro atoms. The second-order valence-corrected chi connectivity index (χ2v) is 11.4. The molecule has 0 aromatic heterocycles. The molecule has 13 heteroatoms. The first-order chi connectivity index (χ1) is 18.2. The minimum absolute atomic E-state index is 0.156. The van der Waals surface area contributed by atoms with Gasteiger partial charge in [0.15, 0.2) is 0 Å². The quantitative estimate of drug-likeness (QED) is 0.0855. The highest BCUT2D eigenvalue weighted by Crippen LogP contribution is 2.25. The Morgan fingerprint density at radius 1 is 1.21 bits per heavy atom. The monoisotopic (exact) mass is 585 g/mol. The van der Waals surface area contributed by atoms with E-state index in [-0.39, 0.29) is 24.4 Å². The normalized spacial score (nSPS) is 17.1. The maximum absolute atomic E-state index is 13.9. The number of methoxy groups -OCH3 is 1. The van der Waals surface area contributed by atoms with Crippen molar-refractivity contribution in [1.82, 2.24) is 20.9 Å². The molecule has 0 saturated heterocycles. The van der Waals surface area contributed by atoms with Crippen LogP contribution in [0, 0.1) is 0 Å². The van der Waals surface area contributed by atoms with Gasteiger partial charge in [0.2, 0.25) is 17.7 Å². The molecule has 0 aliphatic carbocycles. The van der Waals surface area contributed by atoms with Crippen LogP contribution in [0.4, 0.5) is 0 Å². The number of carbonyl (C=O) groups is 4. The van der Waals surface area contributed by atoms with E-state index >= 15 is 0 Å². The van der Waals surface area contributed by atoms with Crippen molar-refractivity contribution in [1.29, 1.82) is 0 Å². The van der Waals surface area contributed by atoms with Gasteiger partial charge in [-0.2, -0.15) is 24.4 Å². The molecular weight excluding hydrogens is 547 g/mol. The number of fused-ring (bicyclic) bond motifs is 1. The summed E-state index contributed by atoms with van der Waals surface area (Å²) >= 11 is 7.19. The fourth-order valence-corrected chi connectivity index (χ4v) is 5.51. The number of amides is 3. The SMILES string of the molecule is COC(=O)C(CCSC)NC(=O)C1Cc2ccccc2CN1C(=O)C(CSCNC(C)=O)NCC(N)CS. The first-order valence-electron chi connectivity index (χ1n) is 12.4. The van der Waals surface area contributed by atoms with Gasteiger partial charge >= 0.3 is 5.97 Å². The third-order valence-corrected chi connectivity index (χ3v) is 8.14. The highest BCUT2D eigenvalue weighted by Gasteiger charge is 2.38. The van der Waals surface area contributed by atoms with Gasteiger partial charge in [-0.1, -0.05) is 24.3 Å². The number of rotatable bonds is 15. The summed E-state index contributed by atoms with van der Waals surface area (Å²) in [5.74, 6) is 0.499. The first kappa shape index (κ1) is 32.3. The molecule has 212 valence electrons. The third kappa shape index (κ3) is 9.99. The highest BCUT2D eigenvalue weighted by molar-refractivity contribution is 7.99. The molecule has 1 aliphatic heterocycles. The van der Waals surface area contributed by atoms with Crippen LogP contribution in [0.15, 0.2) is 24.3 Å². The van der Waals surface area contributed by atoms with Crippen molar-refractivity contribution in [2.24, 2.45) is 5.73 Å². The van der Waals surface area contributed by atoms with Crippen molar-refractivity contribution in [2.45, 2.75) is 50.5 Å². The van der Waals surface area contributed by atoms with Crippen LogP contribution in [0.5, 0.6) is 0 Å². The molecule has 0 bridgehead atoms. The van der Waals surface area contributed by atoms with E-state index in [0.29, 0.717) is 42.5 Å². The van der Waals surface area contributed by atoms with E-state index < -0.39 is 30.0 Å². The van der Waals surface area contributed by atoms with Crippen LogP contribution in [0.3, 0.4) is 0 Å². The molecule has 5 N–H and O–H groups in total. The number of esters is 1. The number of carbonyl (C=O) groups excluding carboxylic acids is 4. The number of nitrogens with zero attached hydrogens (tertiary/aromatic N) is 1. The van der Waals surface area contributed by atoms with Gasteiger partial charge in [-0.15, -0.1) is 11.8 Å². The lowest BCUT2D eigenvalue weighted by atomic mass is 9.92. The van der Waals surface area contributed by atoms with Gasteiger partial charge in [0.1, 0.15) is 12.1 Å². The van der Waals surface area contributed by atoms with Crippen LogP contribution < -0.4 is 21.7 Å². The molecule has 1 aromatic carbocycles. The summed E-state index contributed by atoms with van der Waals surface area (Å²) in [4.78, 5) is 52.7. The Kier molecular flexibility index (Phi) is 14.4. The number of nitrogens with one attached hydrogen (secondary N) is 3. The molecule has 10 nitrogen and oxygen atoms in total. The number of hydrogen-bond acceptors (Lipinski definition) is 10. The topological polar surface area (TPSA) is 143 Å². The highest BCUT2D eigenvalue weighted by atomic mass is 32.2. The van der Waals surface area contributed by atoms with E-state index in [9.17, 15) is 19.2 Å². The number of thiol groups is 1. The van der Waals surface area contributed by atoms with E-state index in [2.05, 4.69) is 28.6 Å². The molecule has 4 unspecified atom stereocenters. The summed E-state index contributed by atoms with van der Waals surface area (Å²) < 4.78 is 4.90. The summed E-state index contributed by atoms with van der Waals surface area (Å²) in [6, 6.07) is 5.20. The Morgan fingerprint density at radius 3 is 2.55 bits per heavy atom. The standard InChI is InChI=1S/C25H39N5O5S3/c1-16(31)28-15-38-14-21(27-11-19(26)13-36)24(33)30-12-18-7-5-4-6-17(18)10-22(30)23(32)29-20(8-9-37-3)25(34)35-2/h4-7,19-22,27,36H,8-15,26H2,1-3H3,(H,28,31)(H,29,32). The molecule has 0 fully saturated rings. The van der Waals surface area contributed by atoms with E-state index in [4.69, 9.17) is 10.5 Å². The van der Waals surface area contributed by atoms with Gasteiger partial charge in [-0.25, -0.2) is 4.79 Å². The summed E-state index contributed by atoms with van der Waals surface area (Å²) in [5, 5.41) is 8.77. The number of benzene rings is 1. The van der Waals surface area contributed by atoms with Gasteiger partial charge in [-0.05, 0) is 29.6 Å². The Bertz CT molecular complexity index is 954. The summed E-state index contributed by atoms with van der Waals surface area (Å²) in [5.41, 5.74) is 7.98. The minimum Gasteiger partial charge on any atom is -0.467 e. The Balaban J connectivity index is 2.29. The molecule has 0 radical (unpaired) electrons. The lowest BCUT2D eigenvalue weighted by Gasteiger charge is -2.38. The van der Waals surface area contributed by atoms with Crippen molar-refractivity contribution in [3.8, 4) is 0 Å². The predicted molar refractivity (Wildman–Crippen MR) is 156 cm³/mol. The molecule has 38 heavy (non-hydrogen) atoms. The van der Waals surface area contributed by atoms with Crippen LogP contribution >= 0.6 is 36.2 Å². The van der Waals surface area contributed by atoms with Crippen LogP contribution in [0.2, 0.25) is 0 Å². The molecule has 3 amide bonds. The summed E-state index contributed by atoms with van der Waals surface area (Å²) in [6.07, 6.45) is 2.67. The molecule has 1 heterocycles. The summed E-state index contributed by atoms with van der Waals surface area (Å²) in [7, 11) is 1.29. The van der Waals surface area contributed by atoms with Gasteiger partial charge in [0.05, 0.1) is 19.0 Å². The van der Waals surface area contributed by atoms with Crippen LogP contribution in [-0.4, -0.2) is 95.8 Å². The number of ether oxygens (including phenoxy) is 1. The molecule has 2 rings (SSSR count). The van der Waals surface area contributed by atoms with Crippen molar-refractivity contribution in [2.75, 3.05) is 43.0 Å². The smallest absolute Gasteiger partial charge is 0.328 e. The molecule has 4 atom stereocenters. The Labute approximate surface area is 238 Å². The zero-order chi connectivity index (χ0) is 28.1. The maximum Gasteiger partial charge on any atom is 0.328 e. The van der Waals surface area contributed by atoms with Gasteiger partial charge < -0.3 is 31.3 Å². The van der Waals surface area contributed by atoms with E-state index in [1.807, 2.05) is 30.5 Å². The van der Waals surface area contributed by atoms with Crippen LogP contribution in [0.25, 0.3) is 0 Å². The second-order valence-electron chi connectivity index (χ2n) is 8.97. The molecular formula is C25H39N5O5S3. The van der Waals surface area contributed by atoms with E-state index in [1.54, 1.807) is 16.7 Å². The van der Waals surface area contributed by atoms with Crippen molar-refractivity contribution < 1.29 is 23.9 Å². The fraction of sp³-hybridized carbons (Fsp3) is 0.600. The number of nitrogens with two attached hydrogens (primary N) is 1. The molecule has 0 saturated carbocycles. The zero-order valence-electron chi connectivity index (χ0n) is 22.1. The maximum atomic E-state index is 13.9. The van der Waals surface area contributed by atoms with E-state index in [0.717, 1.165) is 11.1 Å². The minimum atomic E-state index is -0.804. The fourth-order valence-electron chi connectivity index (χ4n) is 3.99. The third-order valence-electron chi connectivity index (χ3n) is 6.11. The average molecular weight is 586 g/mol. The molecule has 1 aliphatic rings. The number of thioether (sulfide) groups is 2. The average Bonchev–Trinajstić information content (AvgIpc) is 2.92. The van der Waals surface area contributed by atoms with Gasteiger partial charge in [-0.3, -0.25) is 14.4 Å². The first-order valence-corrected chi connectivity index (χ1v) is 15.6. The van der Waals surface area contributed by atoms with Crippen LogP contribution in [0.1, 0.15) is 24.5 Å². The number of hydrogen-bond donors (Lipinski definition) is 5.